The minimum atomic E-state index is 0. The first-order valence-electron chi connectivity index (χ1n) is 3.44. The lowest BCUT2D eigenvalue weighted by atomic mass is 10.3. The van der Waals surface area contributed by atoms with Crippen molar-refractivity contribution in [3.63, 3.8) is 0 Å². The molecule has 0 aliphatic carbocycles. The number of hydrogen-bond donors (Lipinski definition) is 0. The molecule has 0 bridgehead atoms. The maximum absolute atomic E-state index is 5.15. The predicted molar refractivity (Wildman–Crippen MR) is 56.2 cm³/mol. The van der Waals surface area contributed by atoms with Crippen LogP contribution in [-0.2, 0) is 0 Å². The standard InChI is InChI=1S/C10H13N.ClH/c1-5-7-11(8-6-2)9-10(3)4;/h1-2H,3,7-9H2,4H3;1H. The third kappa shape index (κ3) is 7.22. The highest BCUT2D eigenvalue weighted by atomic mass is 35.5. The molecule has 0 heterocycles. The van der Waals surface area contributed by atoms with E-state index >= 15 is 0 Å². The van der Waals surface area contributed by atoms with Gasteiger partial charge in [-0.15, -0.1) is 25.3 Å². The second-order valence-corrected chi connectivity index (χ2v) is 2.51. The molecule has 0 aromatic carbocycles. The number of halogens is 1. The Bertz CT molecular complexity index is 191. The summed E-state index contributed by atoms with van der Waals surface area (Å²) >= 11 is 0. The summed E-state index contributed by atoms with van der Waals surface area (Å²) in [4.78, 5) is 1.99. The van der Waals surface area contributed by atoms with Crippen molar-refractivity contribution in [3.05, 3.63) is 12.2 Å². The molecule has 0 N–H and O–H groups in total. The molecule has 0 aromatic heterocycles. The fourth-order valence-electron chi connectivity index (χ4n) is 0.808. The average molecular weight is 184 g/mol. The monoisotopic (exact) mass is 183 g/mol. The minimum Gasteiger partial charge on any atom is -0.277 e. The molecule has 0 aliphatic heterocycles. The van der Waals surface area contributed by atoms with Gasteiger partial charge in [0.1, 0.15) is 0 Å². The van der Waals surface area contributed by atoms with Crippen LogP contribution < -0.4 is 0 Å². The van der Waals surface area contributed by atoms with E-state index in [0.29, 0.717) is 13.1 Å². The first-order chi connectivity index (χ1) is 5.20. The van der Waals surface area contributed by atoms with Crippen molar-refractivity contribution < 1.29 is 0 Å². The van der Waals surface area contributed by atoms with Crippen LogP contribution in [0.1, 0.15) is 6.92 Å². The lowest BCUT2D eigenvalue weighted by Crippen LogP contribution is -2.25. The molecule has 0 amide bonds. The molecule has 0 fully saturated rings. The Labute approximate surface area is 81.2 Å². The summed E-state index contributed by atoms with van der Waals surface area (Å²) in [5, 5.41) is 0. The normalized spacial score (nSPS) is 8.00. The van der Waals surface area contributed by atoms with Crippen LogP contribution in [0.5, 0.6) is 0 Å². The molecular weight excluding hydrogens is 170 g/mol. The smallest absolute Gasteiger partial charge is 0.0610 e. The van der Waals surface area contributed by atoms with Gasteiger partial charge in [0, 0.05) is 6.54 Å². The fourth-order valence-corrected chi connectivity index (χ4v) is 0.808. The maximum Gasteiger partial charge on any atom is 0.0610 e. The summed E-state index contributed by atoms with van der Waals surface area (Å²) in [6, 6.07) is 0. The SMILES string of the molecule is C#CCN(CC#C)CC(=C)C.Cl. The molecule has 1 nitrogen and oxygen atoms in total. The van der Waals surface area contributed by atoms with E-state index < -0.39 is 0 Å². The van der Waals surface area contributed by atoms with Gasteiger partial charge in [0.25, 0.3) is 0 Å². The Hall–Kier alpha value is -0.890. The molecule has 0 saturated carbocycles. The van der Waals surface area contributed by atoms with E-state index in [1.807, 2.05) is 11.8 Å². The zero-order valence-corrected chi connectivity index (χ0v) is 8.16. The third-order valence-electron chi connectivity index (χ3n) is 1.12. The van der Waals surface area contributed by atoms with Gasteiger partial charge in [-0.1, -0.05) is 24.0 Å². The highest BCUT2D eigenvalue weighted by Gasteiger charge is 1.99. The molecule has 0 atom stereocenters. The predicted octanol–water partition coefficient (Wildman–Crippen LogP) is 1.55. The third-order valence-corrected chi connectivity index (χ3v) is 1.12. The summed E-state index contributed by atoms with van der Waals surface area (Å²) in [5.74, 6) is 5.09. The fraction of sp³-hybridized carbons (Fsp3) is 0.400. The van der Waals surface area contributed by atoms with Gasteiger partial charge in [-0.25, -0.2) is 0 Å². The van der Waals surface area contributed by atoms with E-state index in [4.69, 9.17) is 12.8 Å². The van der Waals surface area contributed by atoms with Crippen molar-refractivity contribution in [1.82, 2.24) is 4.90 Å². The molecule has 0 unspecified atom stereocenters. The molecule has 2 heteroatoms. The molecule has 0 aromatic rings. The molecule has 0 rings (SSSR count). The van der Waals surface area contributed by atoms with E-state index in [0.717, 1.165) is 12.1 Å². The van der Waals surface area contributed by atoms with Crippen LogP contribution in [0.15, 0.2) is 12.2 Å². The van der Waals surface area contributed by atoms with Crippen molar-refractivity contribution in [2.24, 2.45) is 0 Å². The Balaban J connectivity index is 0. The second kappa shape index (κ2) is 8.21. The number of rotatable bonds is 4. The van der Waals surface area contributed by atoms with E-state index in [1.54, 1.807) is 0 Å². The van der Waals surface area contributed by atoms with Crippen LogP contribution in [0.2, 0.25) is 0 Å². The van der Waals surface area contributed by atoms with Crippen LogP contribution in [0.25, 0.3) is 0 Å². The van der Waals surface area contributed by atoms with E-state index in [1.165, 1.54) is 0 Å². The summed E-state index contributed by atoms with van der Waals surface area (Å²) < 4.78 is 0. The Morgan fingerprint density at radius 1 is 1.33 bits per heavy atom. The molecule has 66 valence electrons. The highest BCUT2D eigenvalue weighted by Crippen LogP contribution is 1.93. The van der Waals surface area contributed by atoms with Gasteiger partial charge in [-0.05, 0) is 6.92 Å². The van der Waals surface area contributed by atoms with Crippen molar-refractivity contribution in [1.29, 1.82) is 0 Å². The summed E-state index contributed by atoms with van der Waals surface area (Å²) in [6.45, 7) is 7.71. The van der Waals surface area contributed by atoms with Crippen LogP contribution in [0.4, 0.5) is 0 Å². The van der Waals surface area contributed by atoms with Gasteiger partial charge in [0.15, 0.2) is 0 Å². The van der Waals surface area contributed by atoms with Crippen molar-refractivity contribution in [2.75, 3.05) is 19.6 Å². The lowest BCUT2D eigenvalue weighted by molar-refractivity contribution is 0.376. The van der Waals surface area contributed by atoms with Gasteiger partial charge in [-0.3, -0.25) is 4.90 Å². The Kier molecular flexibility index (Phi) is 9.36. The van der Waals surface area contributed by atoms with Gasteiger partial charge < -0.3 is 0 Å². The van der Waals surface area contributed by atoms with Gasteiger partial charge in [-0.2, -0.15) is 0 Å². The zero-order chi connectivity index (χ0) is 8.69. The Morgan fingerprint density at radius 2 is 1.75 bits per heavy atom. The summed E-state index contributed by atoms with van der Waals surface area (Å²) in [7, 11) is 0. The first kappa shape index (κ1) is 13.7. The average Bonchev–Trinajstić information content (AvgIpc) is 1.87. The summed E-state index contributed by atoms with van der Waals surface area (Å²) in [5.41, 5.74) is 1.08. The first-order valence-corrected chi connectivity index (χ1v) is 3.44. The minimum absolute atomic E-state index is 0. The number of terminal acetylenes is 2. The van der Waals surface area contributed by atoms with Crippen molar-refractivity contribution in [3.8, 4) is 24.7 Å². The highest BCUT2D eigenvalue weighted by molar-refractivity contribution is 5.85. The topological polar surface area (TPSA) is 3.24 Å². The number of nitrogens with zero attached hydrogens (tertiary/aromatic N) is 1. The van der Waals surface area contributed by atoms with E-state index in [9.17, 15) is 0 Å². The largest absolute Gasteiger partial charge is 0.277 e. The second-order valence-electron chi connectivity index (χ2n) is 2.51. The van der Waals surface area contributed by atoms with Crippen LogP contribution in [0, 0.1) is 24.7 Å². The van der Waals surface area contributed by atoms with Crippen molar-refractivity contribution >= 4 is 12.4 Å². The van der Waals surface area contributed by atoms with Crippen LogP contribution >= 0.6 is 12.4 Å². The van der Waals surface area contributed by atoms with Gasteiger partial charge in [0.2, 0.25) is 0 Å². The van der Waals surface area contributed by atoms with E-state index in [-0.39, 0.29) is 12.4 Å². The maximum atomic E-state index is 5.15. The van der Waals surface area contributed by atoms with Crippen LogP contribution in [0.3, 0.4) is 0 Å². The summed E-state index contributed by atoms with van der Waals surface area (Å²) in [6.07, 6.45) is 10.3. The van der Waals surface area contributed by atoms with Crippen LogP contribution in [-0.4, -0.2) is 24.5 Å². The molecule has 0 saturated heterocycles. The lowest BCUT2D eigenvalue weighted by Gasteiger charge is -2.15. The molecule has 0 aliphatic rings. The number of hydrogen-bond acceptors (Lipinski definition) is 1. The van der Waals surface area contributed by atoms with Crippen molar-refractivity contribution in [2.45, 2.75) is 6.92 Å². The van der Waals surface area contributed by atoms with Gasteiger partial charge >= 0.3 is 0 Å². The van der Waals surface area contributed by atoms with Gasteiger partial charge in [0.05, 0.1) is 13.1 Å². The molecular formula is C10H14ClN. The zero-order valence-electron chi connectivity index (χ0n) is 7.34. The molecule has 0 spiro atoms. The van der Waals surface area contributed by atoms with E-state index in [2.05, 4.69) is 18.4 Å². The molecule has 12 heavy (non-hydrogen) atoms. The quantitative estimate of drug-likeness (QED) is 0.472. The Morgan fingerprint density at radius 3 is 2.00 bits per heavy atom. The molecule has 0 radical (unpaired) electrons.